The van der Waals surface area contributed by atoms with Crippen molar-refractivity contribution in [2.24, 2.45) is 5.92 Å². The quantitative estimate of drug-likeness (QED) is 0.563. The Morgan fingerprint density at radius 3 is 2.50 bits per heavy atom. The van der Waals surface area contributed by atoms with E-state index in [0.29, 0.717) is 22.1 Å². The number of nitrogen functional groups attached to an aromatic ring is 1. The third-order valence-electron chi connectivity index (χ3n) is 4.77. The lowest BCUT2D eigenvalue weighted by Gasteiger charge is -2.20. The van der Waals surface area contributed by atoms with Gasteiger partial charge in [0.15, 0.2) is 5.13 Å². The van der Waals surface area contributed by atoms with Crippen LogP contribution in [0.25, 0.3) is 10.2 Å². The predicted octanol–water partition coefficient (Wildman–Crippen LogP) is 4.55. The van der Waals surface area contributed by atoms with Gasteiger partial charge in [-0.2, -0.15) is 0 Å². The van der Waals surface area contributed by atoms with Gasteiger partial charge in [-0.3, -0.25) is 0 Å². The Morgan fingerprint density at radius 2 is 1.86 bits per heavy atom. The van der Waals surface area contributed by atoms with Crippen molar-refractivity contribution in [3.63, 3.8) is 0 Å². The summed E-state index contributed by atoms with van der Waals surface area (Å²) < 4.78 is 29.9. The number of rotatable bonds is 8. The minimum absolute atomic E-state index is 0.0261. The summed E-state index contributed by atoms with van der Waals surface area (Å²) in [5.41, 5.74) is 8.61. The number of hydrogen-bond donors (Lipinski definition) is 2. The van der Waals surface area contributed by atoms with Gasteiger partial charge in [0.05, 0.1) is 15.1 Å². The van der Waals surface area contributed by atoms with Crippen LogP contribution in [0.4, 0.5) is 5.13 Å². The fraction of sp³-hybridized carbons (Fsp3) is 0.381. The van der Waals surface area contributed by atoms with Gasteiger partial charge in [0.25, 0.3) is 0 Å². The fourth-order valence-electron chi connectivity index (χ4n) is 3.34. The Balaban J connectivity index is 2.14. The van der Waals surface area contributed by atoms with E-state index in [-0.39, 0.29) is 11.8 Å². The summed E-state index contributed by atoms with van der Waals surface area (Å²) in [6.07, 6.45) is 1.55. The maximum Gasteiger partial charge on any atom is 0.240 e. The zero-order chi connectivity index (χ0) is 20.3. The molecule has 3 N–H and O–H groups in total. The molecule has 0 aliphatic rings. The predicted molar refractivity (Wildman–Crippen MR) is 117 cm³/mol. The molecular formula is C21H27N3O2S2. The van der Waals surface area contributed by atoms with Gasteiger partial charge in [-0.15, -0.1) is 0 Å². The van der Waals surface area contributed by atoms with E-state index in [1.54, 1.807) is 6.07 Å². The maximum atomic E-state index is 13.1. The Hall–Kier alpha value is -1.96. The minimum Gasteiger partial charge on any atom is -0.375 e. The number of hydrogen-bond acceptors (Lipinski definition) is 5. The van der Waals surface area contributed by atoms with E-state index < -0.39 is 10.0 Å². The number of fused-ring (bicyclic) bond motifs is 1. The molecule has 0 unspecified atom stereocenters. The van der Waals surface area contributed by atoms with Gasteiger partial charge in [-0.25, -0.2) is 18.1 Å². The van der Waals surface area contributed by atoms with Crippen LogP contribution in [0.15, 0.2) is 47.4 Å². The highest BCUT2D eigenvalue weighted by atomic mass is 32.2. The van der Waals surface area contributed by atoms with Crippen molar-refractivity contribution in [2.75, 3.05) is 12.3 Å². The van der Waals surface area contributed by atoms with Crippen molar-refractivity contribution in [3.05, 3.63) is 53.6 Å². The third-order valence-corrected chi connectivity index (χ3v) is 7.11. The van der Waals surface area contributed by atoms with E-state index >= 15 is 0 Å². The molecule has 0 amide bonds. The van der Waals surface area contributed by atoms with Gasteiger partial charge in [-0.1, -0.05) is 62.4 Å². The van der Waals surface area contributed by atoms with Crippen LogP contribution >= 0.6 is 11.3 Å². The van der Waals surface area contributed by atoms with Gasteiger partial charge in [-0.05, 0) is 42.4 Å². The molecule has 1 heterocycles. The largest absolute Gasteiger partial charge is 0.375 e. The SMILES string of the molecule is CC[C@@H](Cc1ccccc1)c1c(S(=O)(=O)NCC(C)C)ccc2sc(N)nc12. The van der Waals surface area contributed by atoms with Crippen LogP contribution in [0.1, 0.15) is 44.2 Å². The van der Waals surface area contributed by atoms with Crippen molar-refractivity contribution in [3.8, 4) is 0 Å². The van der Waals surface area contributed by atoms with E-state index in [2.05, 4.69) is 28.8 Å². The van der Waals surface area contributed by atoms with Crippen LogP contribution in [0.5, 0.6) is 0 Å². The monoisotopic (exact) mass is 417 g/mol. The number of anilines is 1. The smallest absolute Gasteiger partial charge is 0.240 e. The summed E-state index contributed by atoms with van der Waals surface area (Å²) >= 11 is 1.39. The molecule has 3 aromatic rings. The van der Waals surface area contributed by atoms with Gasteiger partial charge >= 0.3 is 0 Å². The summed E-state index contributed by atoms with van der Waals surface area (Å²) in [6.45, 7) is 6.45. The Bertz CT molecular complexity index is 1040. The summed E-state index contributed by atoms with van der Waals surface area (Å²) in [7, 11) is -3.64. The second-order valence-electron chi connectivity index (χ2n) is 7.42. The number of aromatic nitrogens is 1. The minimum atomic E-state index is -3.64. The second-order valence-corrected chi connectivity index (χ2v) is 10.2. The van der Waals surface area contributed by atoms with E-state index in [1.807, 2.05) is 38.1 Å². The lowest BCUT2D eigenvalue weighted by Crippen LogP contribution is -2.29. The molecule has 0 saturated carbocycles. The van der Waals surface area contributed by atoms with Gasteiger partial charge < -0.3 is 5.73 Å². The Morgan fingerprint density at radius 1 is 1.14 bits per heavy atom. The zero-order valence-corrected chi connectivity index (χ0v) is 18.1. The molecule has 0 aliphatic heterocycles. The number of nitrogens with one attached hydrogen (secondary N) is 1. The standard InChI is InChI=1S/C21H27N3O2S2/c1-4-16(12-15-8-6-5-7-9-15)19-18(28(25,26)23-13-14(2)3)11-10-17-20(19)24-21(22)27-17/h5-11,14,16,23H,4,12-13H2,1-3H3,(H2,22,24)/t16-/m0/s1. The highest BCUT2D eigenvalue weighted by molar-refractivity contribution is 7.89. The summed E-state index contributed by atoms with van der Waals surface area (Å²) in [4.78, 5) is 4.81. The lowest BCUT2D eigenvalue weighted by atomic mass is 9.89. The molecule has 0 radical (unpaired) electrons. The molecule has 0 fully saturated rings. The molecule has 0 saturated heterocycles. The summed E-state index contributed by atoms with van der Waals surface area (Å²) in [6, 6.07) is 13.7. The molecule has 0 spiro atoms. The molecule has 5 nitrogen and oxygen atoms in total. The number of benzene rings is 2. The van der Waals surface area contributed by atoms with Gasteiger partial charge in [0.1, 0.15) is 0 Å². The maximum absolute atomic E-state index is 13.1. The van der Waals surface area contributed by atoms with E-state index in [9.17, 15) is 8.42 Å². The molecule has 1 aromatic heterocycles. The van der Waals surface area contributed by atoms with Crippen LogP contribution in [0, 0.1) is 5.92 Å². The van der Waals surface area contributed by atoms with Gasteiger partial charge in [0, 0.05) is 12.1 Å². The fourth-order valence-corrected chi connectivity index (χ4v) is 5.60. The molecule has 1 atom stereocenters. The topological polar surface area (TPSA) is 85.1 Å². The van der Waals surface area contributed by atoms with Crippen LogP contribution in [-0.4, -0.2) is 19.9 Å². The van der Waals surface area contributed by atoms with Crippen LogP contribution < -0.4 is 10.5 Å². The highest BCUT2D eigenvalue weighted by Crippen LogP contribution is 2.38. The Labute approximate surface area is 171 Å². The van der Waals surface area contributed by atoms with Crippen molar-refractivity contribution in [1.29, 1.82) is 0 Å². The molecule has 28 heavy (non-hydrogen) atoms. The first-order valence-corrected chi connectivity index (χ1v) is 11.8. The highest BCUT2D eigenvalue weighted by Gasteiger charge is 2.27. The first-order valence-electron chi connectivity index (χ1n) is 9.54. The van der Waals surface area contributed by atoms with Crippen molar-refractivity contribution in [1.82, 2.24) is 9.71 Å². The Kier molecular flexibility index (Phi) is 6.37. The van der Waals surface area contributed by atoms with Crippen molar-refractivity contribution < 1.29 is 8.42 Å². The van der Waals surface area contributed by atoms with Crippen molar-refractivity contribution in [2.45, 2.75) is 44.4 Å². The van der Waals surface area contributed by atoms with Crippen molar-refractivity contribution >= 4 is 36.7 Å². The van der Waals surface area contributed by atoms with Crippen LogP contribution in [0.2, 0.25) is 0 Å². The zero-order valence-electron chi connectivity index (χ0n) is 16.5. The number of nitrogens with zero attached hydrogens (tertiary/aromatic N) is 1. The summed E-state index contributed by atoms with van der Waals surface area (Å²) in [5, 5.41) is 0.454. The van der Waals surface area contributed by atoms with E-state index in [1.165, 1.54) is 16.9 Å². The number of nitrogens with two attached hydrogens (primary N) is 1. The van der Waals surface area contributed by atoms with Gasteiger partial charge in [0.2, 0.25) is 10.0 Å². The molecule has 7 heteroatoms. The van der Waals surface area contributed by atoms with E-state index in [4.69, 9.17) is 5.73 Å². The lowest BCUT2D eigenvalue weighted by molar-refractivity contribution is 0.556. The van der Waals surface area contributed by atoms with Crippen LogP contribution in [-0.2, 0) is 16.4 Å². The average Bonchev–Trinajstić information content (AvgIpc) is 3.05. The first kappa shape index (κ1) is 20.8. The normalized spacial score (nSPS) is 13.3. The average molecular weight is 418 g/mol. The number of thiazole rings is 1. The molecule has 2 aromatic carbocycles. The summed E-state index contributed by atoms with van der Waals surface area (Å²) in [5.74, 6) is 0.251. The molecule has 0 bridgehead atoms. The molecule has 150 valence electrons. The molecule has 3 rings (SSSR count). The first-order chi connectivity index (χ1) is 13.3. The van der Waals surface area contributed by atoms with Crippen LogP contribution in [0.3, 0.4) is 0 Å². The number of sulfonamides is 1. The third kappa shape index (κ3) is 4.54. The second kappa shape index (κ2) is 8.59. The van der Waals surface area contributed by atoms with E-state index in [0.717, 1.165) is 23.1 Å². The molecular weight excluding hydrogens is 390 g/mol. The molecule has 0 aliphatic carbocycles.